The molecule has 0 aliphatic carbocycles. The largest absolute Gasteiger partial charge is 0.456 e. The minimum absolute atomic E-state index is 0.635. The summed E-state index contributed by atoms with van der Waals surface area (Å²) in [5.41, 5.74) is 9.12. The first-order valence-corrected chi connectivity index (χ1v) is 17.0. The van der Waals surface area contributed by atoms with Gasteiger partial charge in [0.15, 0.2) is 5.58 Å². The molecule has 11 aromatic rings. The summed E-state index contributed by atoms with van der Waals surface area (Å²) in [5, 5.41) is 6.74. The molecule has 11 rings (SSSR count). The van der Waals surface area contributed by atoms with E-state index in [1.807, 2.05) is 48.5 Å². The Kier molecular flexibility index (Phi) is 5.48. The molecule has 0 unspecified atom stereocenters. The third-order valence-corrected chi connectivity index (χ3v) is 10.6. The predicted octanol–water partition coefficient (Wildman–Crippen LogP) is 13.1. The number of nitrogens with zero attached hydrogens (tertiary/aromatic N) is 2. The van der Waals surface area contributed by atoms with Crippen molar-refractivity contribution in [3.8, 4) is 11.5 Å². The molecule has 0 atom stereocenters. The topological polar surface area (TPSA) is 55.6 Å². The number of oxazole rings is 1. The number of aromatic nitrogens is 1. The van der Waals surface area contributed by atoms with Crippen LogP contribution >= 0.6 is 11.3 Å². The van der Waals surface area contributed by atoms with Crippen molar-refractivity contribution < 1.29 is 13.3 Å². The summed E-state index contributed by atoms with van der Waals surface area (Å²) in [5.74, 6) is 0.635. The van der Waals surface area contributed by atoms with E-state index in [0.29, 0.717) is 5.89 Å². The molecule has 0 bridgehead atoms. The van der Waals surface area contributed by atoms with Gasteiger partial charge in [-0.1, -0.05) is 60.7 Å². The van der Waals surface area contributed by atoms with Crippen LogP contribution in [0.1, 0.15) is 0 Å². The Morgan fingerprint density at radius 3 is 1.67 bits per heavy atom. The highest BCUT2D eigenvalue weighted by Gasteiger charge is 2.20. The molecular formula is C43H24N2O3S. The number of hydrogen-bond donors (Lipinski definition) is 0. The highest BCUT2D eigenvalue weighted by molar-refractivity contribution is 7.26. The third-order valence-electron chi connectivity index (χ3n) is 9.50. The quantitative estimate of drug-likeness (QED) is 0.190. The average Bonchev–Trinajstić information content (AvgIpc) is 3.92. The van der Waals surface area contributed by atoms with Crippen LogP contribution in [0.15, 0.2) is 159 Å². The summed E-state index contributed by atoms with van der Waals surface area (Å²) in [6.07, 6.45) is 0. The van der Waals surface area contributed by atoms with Crippen molar-refractivity contribution in [1.29, 1.82) is 0 Å². The minimum Gasteiger partial charge on any atom is -0.456 e. The lowest BCUT2D eigenvalue weighted by atomic mass is 10.1. The Hall–Kier alpha value is -6.37. The van der Waals surface area contributed by atoms with Crippen LogP contribution in [-0.4, -0.2) is 4.98 Å². The lowest BCUT2D eigenvalue weighted by Gasteiger charge is -2.25. The number of furan rings is 2. The minimum atomic E-state index is 0.635. The first kappa shape index (κ1) is 26.7. The molecule has 7 aromatic carbocycles. The second kappa shape index (κ2) is 10.1. The SMILES string of the molecule is c1ccc2oc(-c3cccc4sc5cc(N(c6ccc7c(c6)oc6ccccc67)c6ccc7c(c6)oc6ccccc67)ccc5c34)nc2c1. The van der Waals surface area contributed by atoms with Gasteiger partial charge in [-0.05, 0) is 72.8 Å². The van der Waals surface area contributed by atoms with Gasteiger partial charge in [-0.25, -0.2) is 4.98 Å². The van der Waals surface area contributed by atoms with E-state index in [9.17, 15) is 0 Å². The smallest absolute Gasteiger partial charge is 0.227 e. The van der Waals surface area contributed by atoms with Crippen LogP contribution in [0.25, 0.3) is 86.6 Å². The number of rotatable bonds is 4. The fraction of sp³-hybridized carbons (Fsp3) is 0. The van der Waals surface area contributed by atoms with Crippen molar-refractivity contribution in [2.45, 2.75) is 0 Å². The highest BCUT2D eigenvalue weighted by Crippen LogP contribution is 2.45. The van der Waals surface area contributed by atoms with Crippen LogP contribution in [0, 0.1) is 0 Å². The predicted molar refractivity (Wildman–Crippen MR) is 202 cm³/mol. The number of hydrogen-bond acceptors (Lipinski definition) is 6. The van der Waals surface area contributed by atoms with Gasteiger partial charge in [0, 0.05) is 76.5 Å². The molecule has 0 spiro atoms. The molecule has 0 N–H and O–H groups in total. The fourth-order valence-corrected chi connectivity index (χ4v) is 8.44. The van der Waals surface area contributed by atoms with Gasteiger partial charge in [-0.15, -0.1) is 11.3 Å². The average molecular weight is 649 g/mol. The van der Waals surface area contributed by atoms with E-state index >= 15 is 0 Å². The summed E-state index contributed by atoms with van der Waals surface area (Å²) in [6, 6.07) is 50.3. The van der Waals surface area contributed by atoms with Crippen molar-refractivity contribution in [2.75, 3.05) is 4.90 Å². The zero-order valence-corrected chi connectivity index (χ0v) is 26.7. The van der Waals surface area contributed by atoms with E-state index in [1.165, 1.54) is 14.8 Å². The van der Waals surface area contributed by atoms with Crippen molar-refractivity contribution >= 4 is 104 Å². The van der Waals surface area contributed by atoms with Gasteiger partial charge in [0.2, 0.25) is 5.89 Å². The number of fused-ring (bicyclic) bond motifs is 10. The number of anilines is 3. The van der Waals surface area contributed by atoms with Crippen LogP contribution in [0.5, 0.6) is 0 Å². The molecule has 6 heteroatoms. The number of para-hydroxylation sites is 4. The number of thiophene rings is 1. The van der Waals surface area contributed by atoms with E-state index < -0.39 is 0 Å². The highest BCUT2D eigenvalue weighted by atomic mass is 32.1. The molecule has 4 aromatic heterocycles. The third kappa shape index (κ3) is 4.01. The molecule has 230 valence electrons. The molecule has 0 amide bonds. The maximum Gasteiger partial charge on any atom is 0.227 e. The molecule has 49 heavy (non-hydrogen) atoms. The monoisotopic (exact) mass is 648 g/mol. The molecule has 5 nitrogen and oxygen atoms in total. The first-order valence-electron chi connectivity index (χ1n) is 16.2. The van der Waals surface area contributed by atoms with Crippen LogP contribution in [0.4, 0.5) is 17.1 Å². The molecule has 0 aliphatic rings. The normalized spacial score (nSPS) is 12.1. The van der Waals surface area contributed by atoms with Crippen molar-refractivity contribution in [3.05, 3.63) is 146 Å². The summed E-state index contributed by atoms with van der Waals surface area (Å²) >= 11 is 1.78. The maximum atomic E-state index is 6.35. The Morgan fingerprint density at radius 2 is 1.00 bits per heavy atom. The zero-order chi connectivity index (χ0) is 32.1. The maximum absolute atomic E-state index is 6.35. The Labute approximate surface area is 282 Å². The lowest BCUT2D eigenvalue weighted by molar-refractivity contribution is 0.620. The number of benzene rings is 7. The molecule has 0 aliphatic heterocycles. The molecule has 0 radical (unpaired) electrons. The molecular weight excluding hydrogens is 625 g/mol. The van der Waals surface area contributed by atoms with Crippen molar-refractivity contribution in [3.63, 3.8) is 0 Å². The first-order chi connectivity index (χ1) is 24.2. The molecule has 0 fully saturated rings. The lowest BCUT2D eigenvalue weighted by Crippen LogP contribution is -2.09. The fourth-order valence-electron chi connectivity index (χ4n) is 7.27. The second-order valence-corrected chi connectivity index (χ2v) is 13.4. The van der Waals surface area contributed by atoms with Gasteiger partial charge in [0.25, 0.3) is 0 Å². The molecule has 0 saturated carbocycles. The van der Waals surface area contributed by atoms with Crippen LogP contribution in [-0.2, 0) is 0 Å². The van der Waals surface area contributed by atoms with Gasteiger partial charge in [-0.3, -0.25) is 0 Å². The van der Waals surface area contributed by atoms with Crippen LogP contribution in [0.3, 0.4) is 0 Å². The van der Waals surface area contributed by atoms with Gasteiger partial charge >= 0.3 is 0 Å². The summed E-state index contributed by atoms with van der Waals surface area (Å²) in [6.45, 7) is 0. The van der Waals surface area contributed by atoms with Gasteiger partial charge in [0.05, 0.1) is 0 Å². The summed E-state index contributed by atoms with van der Waals surface area (Å²) in [4.78, 5) is 7.12. The van der Waals surface area contributed by atoms with E-state index in [0.717, 1.165) is 83.0 Å². The Bertz CT molecular complexity index is 2940. The van der Waals surface area contributed by atoms with E-state index in [-0.39, 0.29) is 0 Å². The van der Waals surface area contributed by atoms with E-state index in [2.05, 4.69) is 102 Å². The van der Waals surface area contributed by atoms with Crippen LogP contribution in [0.2, 0.25) is 0 Å². The van der Waals surface area contributed by atoms with Gasteiger partial charge < -0.3 is 18.2 Å². The zero-order valence-electron chi connectivity index (χ0n) is 25.9. The van der Waals surface area contributed by atoms with Crippen molar-refractivity contribution in [2.24, 2.45) is 0 Å². The summed E-state index contributed by atoms with van der Waals surface area (Å²) in [7, 11) is 0. The van der Waals surface area contributed by atoms with E-state index in [4.69, 9.17) is 18.2 Å². The summed E-state index contributed by atoms with van der Waals surface area (Å²) < 4.78 is 21.3. The molecule has 0 saturated heterocycles. The van der Waals surface area contributed by atoms with E-state index in [1.54, 1.807) is 11.3 Å². The van der Waals surface area contributed by atoms with Crippen LogP contribution < -0.4 is 4.90 Å². The standard InChI is InChI=1S/C43H24N2O3S/c1-4-12-35-28(8-1)30-19-16-25(22-38(30)46-35)45(26-17-20-31-29-9-2-5-13-36(29)47-39(31)23-26)27-18-21-32-41(24-27)49-40-15-7-10-33(42(32)40)43-44-34-11-3-6-14-37(34)48-43/h1-24H. The second-order valence-electron chi connectivity index (χ2n) is 12.3. The Balaban J connectivity index is 1.12. The Morgan fingerprint density at radius 1 is 0.429 bits per heavy atom. The van der Waals surface area contributed by atoms with Gasteiger partial charge in [-0.2, -0.15) is 0 Å². The molecule has 4 heterocycles. The van der Waals surface area contributed by atoms with Crippen molar-refractivity contribution in [1.82, 2.24) is 4.98 Å². The van der Waals surface area contributed by atoms with Gasteiger partial charge in [0.1, 0.15) is 27.8 Å².